The van der Waals surface area contributed by atoms with Crippen molar-refractivity contribution in [3.8, 4) is 6.07 Å². The van der Waals surface area contributed by atoms with E-state index in [0.717, 1.165) is 45.3 Å². The van der Waals surface area contributed by atoms with E-state index in [4.69, 9.17) is 10.00 Å². The Kier molecular flexibility index (Phi) is 26.6. The van der Waals surface area contributed by atoms with Crippen molar-refractivity contribution in [2.75, 3.05) is 74.9 Å². The van der Waals surface area contributed by atoms with Gasteiger partial charge in [-0.3, -0.25) is 14.5 Å². The molecule has 4 aliphatic rings. The zero-order valence-electron chi connectivity index (χ0n) is 45.1. The van der Waals surface area contributed by atoms with Gasteiger partial charge in [0.15, 0.2) is 9.84 Å². The number of hydrogen-bond acceptors (Lipinski definition) is 11. The molecule has 68 heavy (non-hydrogen) atoms. The highest BCUT2D eigenvalue weighted by Crippen LogP contribution is 2.47. The molecule has 12 nitrogen and oxygen atoms in total. The summed E-state index contributed by atoms with van der Waals surface area (Å²) in [6.45, 7) is 35.7. The molecule has 0 aromatic carbocycles. The topological polar surface area (TPSA) is 176 Å². The molecule has 3 unspecified atom stereocenters. The second-order valence-electron chi connectivity index (χ2n) is 24.6. The van der Waals surface area contributed by atoms with Crippen LogP contribution in [-0.2, 0) is 43.8 Å². The maximum Gasteiger partial charge on any atom is 0.389 e. The van der Waals surface area contributed by atoms with E-state index in [1.807, 2.05) is 20.8 Å². The van der Waals surface area contributed by atoms with Gasteiger partial charge in [-0.1, -0.05) is 90.0 Å². The van der Waals surface area contributed by atoms with Crippen molar-refractivity contribution in [1.29, 1.82) is 5.26 Å². The predicted octanol–water partition coefficient (Wildman–Crippen LogP) is 9.72. The van der Waals surface area contributed by atoms with Gasteiger partial charge < -0.3 is 9.64 Å². The summed E-state index contributed by atoms with van der Waals surface area (Å²) >= 11 is 0. The highest BCUT2D eigenvalue weighted by Gasteiger charge is 2.44. The fourth-order valence-electron chi connectivity index (χ4n) is 7.98. The summed E-state index contributed by atoms with van der Waals surface area (Å²) in [6.07, 6.45) is 2.07. The number of amides is 1. The molecule has 0 aromatic rings. The summed E-state index contributed by atoms with van der Waals surface area (Å²) < 4.78 is 107. The van der Waals surface area contributed by atoms with E-state index < -0.39 is 42.1 Å². The fraction of sp³-hybridized carbons (Fsp3) is 0.940. The number of halogens is 3. The number of nitrogens with zero attached hydrogens (tertiary/aromatic N) is 3. The van der Waals surface area contributed by atoms with Crippen LogP contribution in [0.5, 0.6) is 0 Å². The minimum absolute atomic E-state index is 0.0774. The van der Waals surface area contributed by atoms with Gasteiger partial charge in [0, 0.05) is 69.4 Å². The summed E-state index contributed by atoms with van der Waals surface area (Å²) in [4.78, 5) is 27.3. The summed E-state index contributed by atoms with van der Waals surface area (Å²) in [6, 6.07) is 2.64. The number of Topliss-reactive ketones (excluding diaryl/α,β-unsaturated/α-hetero) is 1. The average Bonchev–Trinajstić information content (AvgIpc) is 3.92. The molecule has 4 fully saturated rings. The molecule has 3 saturated heterocycles. The Balaban J connectivity index is 0.000000830. The number of sulfone groups is 3. The Morgan fingerprint density at radius 2 is 1.19 bits per heavy atom. The molecule has 0 N–H and O–H groups in total. The van der Waals surface area contributed by atoms with Crippen LogP contribution in [-0.4, -0.2) is 134 Å². The molecule has 18 heteroatoms. The van der Waals surface area contributed by atoms with Crippen molar-refractivity contribution < 1.29 is 52.8 Å². The number of likely N-dealkylation sites (tertiary alicyclic amines) is 1. The second kappa shape index (κ2) is 27.3. The van der Waals surface area contributed by atoms with Crippen molar-refractivity contribution in [3.05, 3.63) is 0 Å². The Morgan fingerprint density at radius 3 is 1.51 bits per heavy atom. The molecule has 4 rings (SSSR count). The number of carbonyl (C=O) groups excluding carboxylic acids is 2. The highest BCUT2D eigenvalue weighted by atomic mass is 32.2. The molecule has 1 aliphatic carbocycles. The van der Waals surface area contributed by atoms with Crippen LogP contribution in [0.4, 0.5) is 13.2 Å². The van der Waals surface area contributed by atoms with Crippen LogP contribution in [0.1, 0.15) is 155 Å². The van der Waals surface area contributed by atoms with E-state index in [-0.39, 0.29) is 51.6 Å². The zero-order valence-corrected chi connectivity index (χ0v) is 47.6. The SMILES string of the molecule is CC(C)(C)C(C(=O)CCC(F)(F)F)C1CC1.CC(C)(C)C(CCS(C)(=O)=O)C1COC1.CC(C)(C)CCC(=O)N1CC(C#N)C1.CC(C)N1CCS(=O)(=O)CC1.CC(CCS(C)(=O)=O)C(C)(C)C. The molecule has 0 bridgehead atoms. The molecule has 0 aromatic heterocycles. The Labute approximate surface area is 412 Å². The number of carbonyl (C=O) groups is 2. The van der Waals surface area contributed by atoms with E-state index in [9.17, 15) is 48.0 Å². The quantitative estimate of drug-likeness (QED) is 0.162. The molecular formula is C50H94F3N3O9S3. The van der Waals surface area contributed by atoms with Crippen LogP contribution in [0.2, 0.25) is 0 Å². The first-order valence-corrected chi connectivity index (χ1v) is 30.5. The second-order valence-corrected chi connectivity index (χ2v) is 31.4. The highest BCUT2D eigenvalue weighted by molar-refractivity contribution is 7.91. The lowest BCUT2D eigenvalue weighted by Gasteiger charge is -2.41. The summed E-state index contributed by atoms with van der Waals surface area (Å²) in [7, 11) is -8.31. The van der Waals surface area contributed by atoms with Crippen molar-refractivity contribution in [2.24, 2.45) is 57.2 Å². The van der Waals surface area contributed by atoms with Gasteiger partial charge in [0.2, 0.25) is 5.91 Å². The van der Waals surface area contributed by atoms with Crippen molar-refractivity contribution in [2.45, 2.75) is 167 Å². The van der Waals surface area contributed by atoms with E-state index in [1.54, 1.807) is 4.90 Å². The predicted molar refractivity (Wildman–Crippen MR) is 270 cm³/mol. The van der Waals surface area contributed by atoms with Gasteiger partial charge in [-0.15, -0.1) is 0 Å². The lowest BCUT2D eigenvalue weighted by atomic mass is 9.71. The zero-order chi connectivity index (χ0) is 53.5. The van der Waals surface area contributed by atoms with Gasteiger partial charge in [-0.05, 0) is 85.4 Å². The molecule has 0 spiro atoms. The van der Waals surface area contributed by atoms with Gasteiger partial charge in [0.25, 0.3) is 0 Å². The summed E-state index contributed by atoms with van der Waals surface area (Å²) in [5.74, 6) is 2.91. The molecule has 1 saturated carbocycles. The Morgan fingerprint density at radius 1 is 0.721 bits per heavy atom. The van der Waals surface area contributed by atoms with Crippen LogP contribution in [0.15, 0.2) is 0 Å². The van der Waals surface area contributed by atoms with Crippen LogP contribution in [0.25, 0.3) is 0 Å². The van der Waals surface area contributed by atoms with Crippen LogP contribution in [0.3, 0.4) is 0 Å². The lowest BCUT2D eigenvalue weighted by molar-refractivity contribution is -0.146. The van der Waals surface area contributed by atoms with Crippen LogP contribution in [0, 0.1) is 68.5 Å². The van der Waals surface area contributed by atoms with Gasteiger partial charge in [-0.2, -0.15) is 18.4 Å². The van der Waals surface area contributed by atoms with Crippen LogP contribution >= 0.6 is 0 Å². The Hall–Kier alpha value is -1.81. The van der Waals surface area contributed by atoms with Gasteiger partial charge in [0.1, 0.15) is 25.5 Å². The normalized spacial score (nSPS) is 19.9. The maximum atomic E-state index is 12.0. The first kappa shape index (κ1) is 66.2. The maximum absolute atomic E-state index is 12.0. The number of nitriles is 1. The smallest absolute Gasteiger partial charge is 0.381 e. The van der Waals surface area contributed by atoms with Crippen molar-refractivity contribution in [1.82, 2.24) is 9.80 Å². The van der Waals surface area contributed by atoms with Gasteiger partial charge in [0.05, 0.1) is 54.6 Å². The lowest BCUT2D eigenvalue weighted by Crippen LogP contribution is -2.49. The number of ether oxygens (including phenoxy) is 1. The molecule has 402 valence electrons. The van der Waals surface area contributed by atoms with Crippen LogP contribution < -0.4 is 0 Å². The Bertz CT molecular complexity index is 1890. The monoisotopic (exact) mass is 1030 g/mol. The standard InChI is InChI=1S/C12H19F3O.C11H18N2O.C11H22O3S.C9H20O2S.C7H15NO2S/c1-11(2,3)10(8-4-5-8)9(16)6-7-12(13,14)15;1-11(2,3)5-4-10(14)13-7-9(6-12)8-13;1-11(2,3)10(9-7-14-8-9)5-6-15(4,12)13;1-8(9(2,3)4)6-7-12(5,10)11;1-7(2)8-3-5-11(9,10)6-4-8/h8,10H,4-7H2,1-3H3;9H,4-5,7-8H2,1-3H3;9-10H,5-8H2,1-4H3;8H,6-7H2,1-5H3;7H,3-6H2,1-2H3. The van der Waals surface area contributed by atoms with E-state index in [2.05, 4.69) is 94.1 Å². The van der Waals surface area contributed by atoms with E-state index in [0.29, 0.717) is 85.3 Å². The molecule has 3 aliphatic heterocycles. The number of alkyl halides is 3. The minimum atomic E-state index is -4.22. The van der Waals surface area contributed by atoms with E-state index >= 15 is 0 Å². The minimum Gasteiger partial charge on any atom is -0.381 e. The molecule has 1 amide bonds. The third-order valence-corrected chi connectivity index (χ3v) is 16.8. The molecule has 0 radical (unpaired) electrons. The molecule has 3 heterocycles. The largest absolute Gasteiger partial charge is 0.389 e. The third kappa shape index (κ3) is 30.8. The fourth-order valence-corrected chi connectivity index (χ4v) is 10.7. The molecular weight excluding hydrogens is 940 g/mol. The van der Waals surface area contributed by atoms with Gasteiger partial charge in [-0.25, -0.2) is 25.3 Å². The summed E-state index contributed by atoms with van der Waals surface area (Å²) in [5, 5.41) is 8.56. The number of ketones is 1. The van der Waals surface area contributed by atoms with Gasteiger partial charge >= 0.3 is 6.18 Å². The summed E-state index contributed by atoms with van der Waals surface area (Å²) in [5.41, 5.74) is 0.378. The van der Waals surface area contributed by atoms with Crippen molar-refractivity contribution in [3.63, 3.8) is 0 Å². The third-order valence-electron chi connectivity index (χ3n) is 13.2. The first-order valence-electron chi connectivity index (χ1n) is 24.5. The first-order chi connectivity index (χ1) is 30.4. The molecule has 3 atom stereocenters. The average molecular weight is 1030 g/mol. The van der Waals surface area contributed by atoms with E-state index in [1.165, 1.54) is 12.5 Å². The number of rotatable bonds is 14. The van der Waals surface area contributed by atoms with Crippen molar-refractivity contribution >= 4 is 41.2 Å². The number of hydrogen-bond donors (Lipinski definition) is 0.